The highest BCUT2D eigenvalue weighted by Crippen LogP contribution is 2.37. The van der Waals surface area contributed by atoms with Crippen LogP contribution in [0.5, 0.6) is 0 Å². The fourth-order valence-corrected chi connectivity index (χ4v) is 3.35. The van der Waals surface area contributed by atoms with Crippen LogP contribution in [0.15, 0.2) is 30.3 Å². The van der Waals surface area contributed by atoms with Crippen LogP contribution in [0.25, 0.3) is 0 Å². The largest absolute Gasteiger partial charge is 0.196 e. The third-order valence-electron chi connectivity index (χ3n) is 2.80. The van der Waals surface area contributed by atoms with E-state index in [9.17, 15) is 0 Å². The SMILES string of the molecule is CC(C)(C)[Si](C)(S)c1ccccc1. The van der Waals surface area contributed by atoms with Gasteiger partial charge in [0.25, 0.3) is 0 Å². The Morgan fingerprint density at radius 3 is 1.92 bits per heavy atom. The van der Waals surface area contributed by atoms with Gasteiger partial charge in [0.2, 0.25) is 0 Å². The Balaban J connectivity index is 3.08. The molecule has 0 spiro atoms. The molecular weight excluding hydrogens is 192 g/mol. The molecule has 13 heavy (non-hydrogen) atoms. The van der Waals surface area contributed by atoms with E-state index in [1.165, 1.54) is 5.19 Å². The summed E-state index contributed by atoms with van der Waals surface area (Å²) in [5.74, 6) is 0. The van der Waals surface area contributed by atoms with Crippen LogP contribution in [0.4, 0.5) is 0 Å². The minimum atomic E-state index is -1.59. The van der Waals surface area contributed by atoms with E-state index in [0.717, 1.165) is 0 Å². The van der Waals surface area contributed by atoms with E-state index in [1.807, 2.05) is 0 Å². The van der Waals surface area contributed by atoms with E-state index >= 15 is 0 Å². The molecule has 0 aliphatic carbocycles. The molecule has 0 amide bonds. The van der Waals surface area contributed by atoms with E-state index in [-0.39, 0.29) is 0 Å². The molecule has 0 nitrogen and oxygen atoms in total. The summed E-state index contributed by atoms with van der Waals surface area (Å²) in [4.78, 5) is 0. The van der Waals surface area contributed by atoms with Gasteiger partial charge in [0.1, 0.15) is 7.22 Å². The lowest BCUT2D eigenvalue weighted by atomic mass is 10.2. The molecule has 1 atom stereocenters. The van der Waals surface area contributed by atoms with E-state index in [0.29, 0.717) is 5.04 Å². The van der Waals surface area contributed by atoms with Crippen LogP contribution in [0.2, 0.25) is 11.6 Å². The van der Waals surface area contributed by atoms with Crippen molar-refractivity contribution in [2.24, 2.45) is 0 Å². The first-order valence-electron chi connectivity index (χ1n) is 4.63. The molecule has 0 saturated carbocycles. The molecule has 0 saturated heterocycles. The van der Waals surface area contributed by atoms with Crippen molar-refractivity contribution in [1.82, 2.24) is 0 Å². The molecular formula is C11H18SSi. The van der Waals surface area contributed by atoms with Crippen LogP contribution in [0.1, 0.15) is 20.8 Å². The Hall–Kier alpha value is -0.213. The summed E-state index contributed by atoms with van der Waals surface area (Å²) in [6, 6.07) is 10.7. The average molecular weight is 210 g/mol. The lowest BCUT2D eigenvalue weighted by Gasteiger charge is -2.35. The second-order valence-corrected chi connectivity index (χ2v) is 11.6. The average Bonchev–Trinajstić information content (AvgIpc) is 2.04. The lowest BCUT2D eigenvalue weighted by Crippen LogP contribution is -2.47. The van der Waals surface area contributed by atoms with Crippen LogP contribution >= 0.6 is 12.1 Å². The molecule has 0 bridgehead atoms. The maximum atomic E-state index is 4.90. The number of thiol groups is 1. The highest BCUT2D eigenvalue weighted by atomic mass is 32.3. The van der Waals surface area contributed by atoms with Gasteiger partial charge in [-0.15, -0.1) is 0 Å². The first-order valence-corrected chi connectivity index (χ1v) is 8.42. The molecule has 0 fully saturated rings. The molecule has 0 radical (unpaired) electrons. The molecule has 1 aromatic carbocycles. The van der Waals surface area contributed by atoms with E-state index < -0.39 is 7.22 Å². The molecule has 2 heteroatoms. The zero-order chi connectivity index (χ0) is 10.1. The van der Waals surface area contributed by atoms with E-state index in [2.05, 4.69) is 57.7 Å². The van der Waals surface area contributed by atoms with Crippen molar-refractivity contribution in [3.05, 3.63) is 30.3 Å². The lowest BCUT2D eigenvalue weighted by molar-refractivity contribution is 0.742. The Bertz CT molecular complexity index is 272. The Morgan fingerprint density at radius 1 is 1.08 bits per heavy atom. The third-order valence-corrected chi connectivity index (χ3v) is 9.96. The van der Waals surface area contributed by atoms with E-state index in [4.69, 9.17) is 12.1 Å². The summed E-state index contributed by atoms with van der Waals surface area (Å²) < 4.78 is 0. The highest BCUT2D eigenvalue weighted by molar-refractivity contribution is 8.16. The van der Waals surface area contributed by atoms with Crippen LogP contribution in [0.3, 0.4) is 0 Å². The maximum absolute atomic E-state index is 4.90. The first kappa shape index (κ1) is 10.9. The van der Waals surface area contributed by atoms with Gasteiger partial charge in [0.05, 0.1) is 0 Å². The normalized spacial score (nSPS) is 16.7. The van der Waals surface area contributed by atoms with Crippen LogP contribution < -0.4 is 5.19 Å². The van der Waals surface area contributed by atoms with Crippen molar-refractivity contribution in [3.63, 3.8) is 0 Å². The van der Waals surface area contributed by atoms with Gasteiger partial charge >= 0.3 is 0 Å². The van der Waals surface area contributed by atoms with Gasteiger partial charge in [-0.25, -0.2) is 0 Å². The van der Waals surface area contributed by atoms with Gasteiger partial charge in [0, 0.05) is 0 Å². The zero-order valence-corrected chi connectivity index (χ0v) is 10.7. The summed E-state index contributed by atoms with van der Waals surface area (Å²) in [7, 11) is -1.59. The van der Waals surface area contributed by atoms with Crippen molar-refractivity contribution < 1.29 is 0 Å². The van der Waals surface area contributed by atoms with Crippen molar-refractivity contribution in [1.29, 1.82) is 0 Å². The topological polar surface area (TPSA) is 0 Å². The van der Waals surface area contributed by atoms with E-state index in [1.54, 1.807) is 0 Å². The second-order valence-electron chi connectivity index (χ2n) is 4.69. The number of rotatable bonds is 1. The monoisotopic (exact) mass is 210 g/mol. The van der Waals surface area contributed by atoms with Crippen molar-refractivity contribution in [2.75, 3.05) is 0 Å². The summed E-state index contributed by atoms with van der Waals surface area (Å²) >= 11 is 4.90. The molecule has 0 N–H and O–H groups in total. The number of hydrogen-bond donors (Lipinski definition) is 1. The standard InChI is InChI=1S/C11H18SSi/c1-11(2,3)13(4,12)10-8-6-5-7-9-10/h5-9,12H,1-4H3. The molecule has 0 aliphatic heterocycles. The molecule has 1 rings (SSSR count). The van der Waals surface area contributed by atoms with Gasteiger partial charge in [-0.05, 0) is 10.2 Å². The number of benzene rings is 1. The fraction of sp³-hybridized carbons (Fsp3) is 0.455. The van der Waals surface area contributed by atoms with Crippen molar-refractivity contribution in [2.45, 2.75) is 32.4 Å². The third kappa shape index (κ3) is 2.17. The van der Waals surface area contributed by atoms with Gasteiger partial charge < -0.3 is 0 Å². The Labute approximate surface area is 87.4 Å². The van der Waals surface area contributed by atoms with Crippen LogP contribution in [-0.2, 0) is 0 Å². The molecule has 0 aromatic heterocycles. The van der Waals surface area contributed by atoms with Crippen LogP contribution in [0, 0.1) is 0 Å². The fourth-order valence-electron chi connectivity index (χ4n) is 1.20. The Kier molecular flexibility index (Phi) is 2.93. The minimum absolute atomic E-state index is 0.303. The quantitative estimate of drug-likeness (QED) is 0.534. The Morgan fingerprint density at radius 2 is 1.54 bits per heavy atom. The van der Waals surface area contributed by atoms with Crippen LogP contribution in [-0.4, -0.2) is 7.22 Å². The van der Waals surface area contributed by atoms with Gasteiger partial charge in [0.15, 0.2) is 0 Å². The first-order chi connectivity index (χ1) is 5.86. The van der Waals surface area contributed by atoms with Crippen molar-refractivity contribution in [3.8, 4) is 0 Å². The molecule has 1 unspecified atom stereocenters. The van der Waals surface area contributed by atoms with Gasteiger partial charge in [-0.1, -0.05) is 57.7 Å². The predicted octanol–water partition coefficient (Wildman–Crippen LogP) is 3.20. The van der Waals surface area contributed by atoms with Crippen molar-refractivity contribution >= 4 is 24.5 Å². The smallest absolute Gasteiger partial charge is 0.145 e. The molecule has 0 heterocycles. The number of hydrogen-bond acceptors (Lipinski definition) is 1. The summed E-state index contributed by atoms with van der Waals surface area (Å²) in [5.41, 5.74) is 0. The summed E-state index contributed by atoms with van der Waals surface area (Å²) in [6.45, 7) is 9.14. The zero-order valence-electron chi connectivity index (χ0n) is 8.83. The second kappa shape index (κ2) is 3.50. The predicted molar refractivity (Wildman–Crippen MR) is 66.4 cm³/mol. The summed E-state index contributed by atoms with van der Waals surface area (Å²) in [5, 5.41) is 1.73. The molecule has 0 aliphatic rings. The maximum Gasteiger partial charge on any atom is 0.145 e. The highest BCUT2D eigenvalue weighted by Gasteiger charge is 2.37. The minimum Gasteiger partial charge on any atom is -0.196 e. The molecule has 72 valence electrons. The van der Waals surface area contributed by atoms with Gasteiger partial charge in [-0.3, -0.25) is 0 Å². The van der Waals surface area contributed by atoms with Gasteiger partial charge in [-0.2, -0.15) is 12.1 Å². The summed E-state index contributed by atoms with van der Waals surface area (Å²) in [6.07, 6.45) is 0. The molecule has 1 aromatic rings.